The summed E-state index contributed by atoms with van der Waals surface area (Å²) >= 11 is 0. The Balaban J connectivity index is 2.67. The number of fused-ring (bicyclic) bond motifs is 1. The predicted octanol–water partition coefficient (Wildman–Crippen LogP) is 3.64. The van der Waals surface area contributed by atoms with Gasteiger partial charge in [0, 0.05) is 0 Å². The highest BCUT2D eigenvalue weighted by Gasteiger charge is 2.73. The molecule has 0 saturated heterocycles. The number of halogens is 12. The van der Waals surface area contributed by atoms with Gasteiger partial charge in [0.25, 0.3) is 11.2 Å². The minimum atomic E-state index is -6.29. The zero-order valence-electron chi connectivity index (χ0n) is 14.6. The molecule has 0 saturated carbocycles. The van der Waals surface area contributed by atoms with Crippen molar-refractivity contribution in [3.8, 4) is 0 Å². The number of alkyl halides is 12. The third kappa shape index (κ3) is 4.14. The van der Waals surface area contributed by atoms with Gasteiger partial charge < -0.3 is 10.2 Å². The molecule has 176 valence electrons. The second-order valence-electron chi connectivity index (χ2n) is 6.57. The average molecular weight is 479 g/mol. The van der Waals surface area contributed by atoms with Crippen molar-refractivity contribution in [2.75, 3.05) is 0 Å². The number of hydrogen-bond acceptors (Lipinski definition) is 2. The van der Waals surface area contributed by atoms with E-state index >= 15 is 0 Å². The van der Waals surface area contributed by atoms with E-state index in [2.05, 4.69) is 0 Å². The van der Waals surface area contributed by atoms with Gasteiger partial charge in [-0.1, -0.05) is 12.1 Å². The van der Waals surface area contributed by atoms with Crippen LogP contribution >= 0.6 is 0 Å². The van der Waals surface area contributed by atoms with Crippen LogP contribution in [0.2, 0.25) is 0 Å². The summed E-state index contributed by atoms with van der Waals surface area (Å²) in [6.07, 6.45) is -25.1. The van der Waals surface area contributed by atoms with Gasteiger partial charge in [-0.15, -0.1) is 0 Å². The number of rotatable bonds is 4. The molecular formula is C15H11F12N2O2+. The molecule has 2 aromatic rings. The van der Waals surface area contributed by atoms with E-state index in [1.165, 1.54) is 0 Å². The lowest BCUT2D eigenvalue weighted by Crippen LogP contribution is -2.64. The molecule has 0 amide bonds. The molecule has 0 bridgehead atoms. The van der Waals surface area contributed by atoms with Gasteiger partial charge in [0.2, 0.25) is 6.33 Å². The predicted molar refractivity (Wildman–Crippen MR) is 76.3 cm³/mol. The summed E-state index contributed by atoms with van der Waals surface area (Å²) < 4.78 is 155. The molecule has 2 rings (SSSR count). The lowest BCUT2D eigenvalue weighted by Gasteiger charge is -2.31. The molecular weight excluding hydrogens is 468 g/mol. The fourth-order valence-electron chi connectivity index (χ4n) is 2.67. The highest BCUT2D eigenvalue weighted by atomic mass is 19.4. The van der Waals surface area contributed by atoms with Gasteiger partial charge in [0.05, 0.1) is 0 Å². The van der Waals surface area contributed by atoms with E-state index in [0.717, 1.165) is 24.3 Å². The Morgan fingerprint density at radius 1 is 0.677 bits per heavy atom. The highest BCUT2D eigenvalue weighted by molar-refractivity contribution is 5.71. The highest BCUT2D eigenvalue weighted by Crippen LogP contribution is 2.45. The quantitative estimate of drug-likeness (QED) is 0.520. The van der Waals surface area contributed by atoms with Crippen molar-refractivity contribution in [1.29, 1.82) is 0 Å². The first-order chi connectivity index (χ1) is 13.7. The lowest BCUT2D eigenvalue weighted by molar-refractivity contribution is -0.701. The van der Waals surface area contributed by atoms with Crippen LogP contribution in [-0.4, -0.2) is 50.7 Å². The van der Waals surface area contributed by atoms with Crippen molar-refractivity contribution >= 4 is 11.0 Å². The maximum absolute atomic E-state index is 12.9. The van der Waals surface area contributed by atoms with E-state index in [-0.39, 0.29) is 15.5 Å². The SMILES string of the molecule is OC(Cn1c[n+](CC(O)(C(F)(F)F)C(F)(F)F)c2ccccc21)(C(F)(F)F)C(F)(F)F. The molecule has 0 atom stereocenters. The molecule has 0 unspecified atom stereocenters. The maximum atomic E-state index is 12.9. The van der Waals surface area contributed by atoms with Gasteiger partial charge in [-0.05, 0) is 12.1 Å². The number of hydrogen-bond donors (Lipinski definition) is 2. The Morgan fingerprint density at radius 3 is 1.52 bits per heavy atom. The first-order valence-electron chi connectivity index (χ1n) is 7.85. The monoisotopic (exact) mass is 479 g/mol. The number of aromatic nitrogens is 2. The summed E-state index contributed by atoms with van der Waals surface area (Å²) in [5.41, 5.74) is -12.1. The minimum absolute atomic E-state index is 0.0104. The largest absolute Gasteiger partial charge is 0.430 e. The fraction of sp³-hybridized carbons (Fsp3) is 0.533. The van der Waals surface area contributed by atoms with Crippen LogP contribution in [0.25, 0.3) is 11.0 Å². The summed E-state index contributed by atoms with van der Waals surface area (Å²) in [5, 5.41) is 18.6. The van der Waals surface area contributed by atoms with E-state index in [1.54, 1.807) is 0 Å². The van der Waals surface area contributed by atoms with Crippen molar-refractivity contribution < 1.29 is 67.5 Å². The Bertz CT molecular complexity index is 837. The summed E-state index contributed by atoms with van der Waals surface area (Å²) in [5.74, 6) is 0. The van der Waals surface area contributed by atoms with Gasteiger partial charge >= 0.3 is 24.7 Å². The van der Waals surface area contributed by atoms with Crippen LogP contribution in [0.1, 0.15) is 0 Å². The number of para-hydroxylation sites is 2. The first-order valence-corrected chi connectivity index (χ1v) is 7.85. The summed E-state index contributed by atoms with van der Waals surface area (Å²) in [7, 11) is 0. The minimum Gasteiger partial charge on any atom is -0.371 e. The third-order valence-corrected chi connectivity index (χ3v) is 4.45. The van der Waals surface area contributed by atoms with Crippen molar-refractivity contribution in [1.82, 2.24) is 4.57 Å². The smallest absolute Gasteiger partial charge is 0.371 e. The number of benzene rings is 1. The normalized spacial score (nSPS) is 15.0. The van der Waals surface area contributed by atoms with Crippen LogP contribution in [0.15, 0.2) is 30.6 Å². The molecule has 31 heavy (non-hydrogen) atoms. The molecule has 0 spiro atoms. The maximum Gasteiger partial charge on any atom is 0.430 e. The molecule has 0 aliphatic carbocycles. The zero-order valence-corrected chi connectivity index (χ0v) is 14.6. The van der Waals surface area contributed by atoms with Crippen molar-refractivity contribution in [3.63, 3.8) is 0 Å². The van der Waals surface area contributed by atoms with Crippen LogP contribution in [-0.2, 0) is 13.1 Å². The van der Waals surface area contributed by atoms with Crippen LogP contribution in [0.4, 0.5) is 52.7 Å². The van der Waals surface area contributed by atoms with Gasteiger partial charge in [0.1, 0.15) is 13.1 Å². The van der Waals surface area contributed by atoms with Crippen molar-refractivity contribution in [2.45, 2.75) is 49.0 Å². The van der Waals surface area contributed by atoms with E-state index in [1.807, 2.05) is 0 Å². The molecule has 0 aliphatic heterocycles. The summed E-state index contributed by atoms with van der Waals surface area (Å²) in [6.45, 7) is -4.66. The lowest BCUT2D eigenvalue weighted by atomic mass is 10.0. The van der Waals surface area contributed by atoms with Crippen LogP contribution in [0.5, 0.6) is 0 Å². The number of imidazole rings is 1. The molecule has 0 radical (unpaired) electrons. The van der Waals surface area contributed by atoms with E-state index in [9.17, 15) is 62.9 Å². The molecule has 0 fully saturated rings. The molecule has 1 aromatic carbocycles. The fourth-order valence-corrected chi connectivity index (χ4v) is 2.67. The topological polar surface area (TPSA) is 49.3 Å². The van der Waals surface area contributed by atoms with E-state index in [0.29, 0.717) is 0 Å². The van der Waals surface area contributed by atoms with Gasteiger partial charge in [0.15, 0.2) is 11.0 Å². The Morgan fingerprint density at radius 2 is 1.10 bits per heavy atom. The molecule has 1 heterocycles. The van der Waals surface area contributed by atoms with E-state index in [4.69, 9.17) is 0 Å². The molecule has 0 aliphatic rings. The summed E-state index contributed by atoms with van der Waals surface area (Å²) in [4.78, 5) is 0. The second kappa shape index (κ2) is 7.15. The molecule has 4 nitrogen and oxygen atoms in total. The molecule has 1 aromatic heterocycles. The van der Waals surface area contributed by atoms with Crippen LogP contribution < -0.4 is 4.57 Å². The van der Waals surface area contributed by atoms with Crippen LogP contribution in [0, 0.1) is 0 Å². The molecule has 16 heteroatoms. The zero-order chi connectivity index (χ0) is 24.3. The van der Waals surface area contributed by atoms with Gasteiger partial charge in [-0.2, -0.15) is 52.7 Å². The third-order valence-electron chi connectivity index (χ3n) is 4.45. The van der Waals surface area contributed by atoms with Gasteiger partial charge in [-0.3, -0.25) is 0 Å². The van der Waals surface area contributed by atoms with E-state index < -0.39 is 60.0 Å². The molecule has 2 N–H and O–H groups in total. The van der Waals surface area contributed by atoms with Crippen molar-refractivity contribution in [3.05, 3.63) is 30.6 Å². The Hall–Kier alpha value is -2.23. The standard InChI is InChI=1S/C15H11F12N2O2/c16-12(17,18)10(30,13(19,20)21)5-28-7-29(9-4-2-1-3-8(9)28)6-11(31,14(22,23)24)15(25,26)27/h1-4,7,30-31H,5-6H2/q+1. The van der Waals surface area contributed by atoms with Gasteiger partial charge in [-0.25, -0.2) is 9.13 Å². The Labute approximate surface area is 163 Å². The first kappa shape index (κ1) is 25.0. The van der Waals surface area contributed by atoms with Crippen LogP contribution in [0.3, 0.4) is 0 Å². The van der Waals surface area contributed by atoms with Crippen molar-refractivity contribution in [2.24, 2.45) is 0 Å². The number of aliphatic hydroxyl groups is 2. The number of nitrogens with zero attached hydrogens (tertiary/aromatic N) is 2. The second-order valence-corrected chi connectivity index (χ2v) is 6.57. The average Bonchev–Trinajstić information content (AvgIpc) is 2.88. The Kier molecular flexibility index (Phi) is 5.77. The summed E-state index contributed by atoms with van der Waals surface area (Å²) in [6, 6.07) is 3.67.